The van der Waals surface area contributed by atoms with Gasteiger partial charge in [0.05, 0.1) is 0 Å². The minimum atomic E-state index is -0.248. The Labute approximate surface area is 106 Å². The van der Waals surface area contributed by atoms with E-state index in [1.807, 2.05) is 26.0 Å². The molecule has 0 bridgehead atoms. The predicted octanol–water partition coefficient (Wildman–Crippen LogP) is 3.60. The predicted molar refractivity (Wildman–Crippen MR) is 71.1 cm³/mol. The van der Waals surface area contributed by atoms with Crippen molar-refractivity contribution in [2.75, 3.05) is 5.73 Å². The average molecular weight is 245 g/mol. The van der Waals surface area contributed by atoms with Crippen molar-refractivity contribution in [3.8, 4) is 5.75 Å². The van der Waals surface area contributed by atoms with Crippen molar-refractivity contribution in [1.29, 1.82) is 0 Å². The Bertz CT molecular complexity index is 566. The van der Waals surface area contributed by atoms with E-state index in [4.69, 9.17) is 10.5 Å². The van der Waals surface area contributed by atoms with Gasteiger partial charge in [0.25, 0.3) is 0 Å². The van der Waals surface area contributed by atoms with Crippen LogP contribution in [0.4, 0.5) is 10.1 Å². The van der Waals surface area contributed by atoms with Crippen LogP contribution in [-0.4, -0.2) is 0 Å². The molecule has 0 unspecified atom stereocenters. The summed E-state index contributed by atoms with van der Waals surface area (Å²) in [6.07, 6.45) is 0. The summed E-state index contributed by atoms with van der Waals surface area (Å²) < 4.78 is 18.7. The van der Waals surface area contributed by atoms with Gasteiger partial charge in [0.2, 0.25) is 0 Å². The van der Waals surface area contributed by atoms with Gasteiger partial charge in [-0.25, -0.2) is 4.39 Å². The molecule has 94 valence electrons. The molecule has 0 saturated heterocycles. The summed E-state index contributed by atoms with van der Waals surface area (Å²) in [5, 5.41) is 0. The lowest BCUT2D eigenvalue weighted by Gasteiger charge is -2.10. The average Bonchev–Trinajstić information content (AvgIpc) is 2.34. The third-order valence-electron chi connectivity index (χ3n) is 2.96. The summed E-state index contributed by atoms with van der Waals surface area (Å²) in [4.78, 5) is 0. The van der Waals surface area contributed by atoms with Gasteiger partial charge < -0.3 is 10.5 Å². The molecule has 0 atom stereocenters. The number of nitrogens with two attached hydrogens (primary N) is 1. The maximum absolute atomic E-state index is 13.1. The number of hydrogen-bond donors (Lipinski definition) is 1. The smallest absolute Gasteiger partial charge is 0.123 e. The van der Waals surface area contributed by atoms with Crippen LogP contribution in [0.2, 0.25) is 0 Å². The van der Waals surface area contributed by atoms with Crippen LogP contribution < -0.4 is 10.5 Å². The molecule has 0 saturated carbocycles. The monoisotopic (exact) mass is 245 g/mol. The molecule has 2 aromatic carbocycles. The zero-order valence-corrected chi connectivity index (χ0v) is 10.5. The van der Waals surface area contributed by atoms with Crippen molar-refractivity contribution in [3.63, 3.8) is 0 Å². The molecule has 0 aliphatic carbocycles. The Morgan fingerprint density at radius 2 is 1.78 bits per heavy atom. The third kappa shape index (κ3) is 2.80. The zero-order valence-electron chi connectivity index (χ0n) is 10.5. The lowest BCUT2D eigenvalue weighted by atomic mass is 10.1. The number of aryl methyl sites for hydroxylation is 2. The highest BCUT2D eigenvalue weighted by Gasteiger charge is 2.03. The SMILES string of the molecule is Cc1ccc(OCc2cc(F)ccc2C)cc1N. The molecule has 2 N–H and O–H groups in total. The van der Waals surface area contributed by atoms with Gasteiger partial charge in [-0.05, 0) is 48.7 Å². The van der Waals surface area contributed by atoms with Crippen LogP contribution in [0.25, 0.3) is 0 Å². The van der Waals surface area contributed by atoms with Crippen molar-refractivity contribution in [1.82, 2.24) is 0 Å². The minimum absolute atomic E-state index is 0.248. The molecule has 0 aliphatic heterocycles. The fourth-order valence-corrected chi connectivity index (χ4v) is 1.66. The van der Waals surface area contributed by atoms with E-state index in [0.717, 1.165) is 16.7 Å². The van der Waals surface area contributed by atoms with Crippen molar-refractivity contribution in [2.45, 2.75) is 20.5 Å². The van der Waals surface area contributed by atoms with E-state index in [1.165, 1.54) is 12.1 Å². The standard InChI is InChI=1S/C15H16FNO/c1-10-3-5-13(16)7-12(10)9-18-14-6-4-11(2)15(17)8-14/h3-8H,9,17H2,1-2H3. The number of ether oxygens (including phenoxy) is 1. The molecule has 0 aliphatic rings. The molecule has 0 heterocycles. The van der Waals surface area contributed by atoms with E-state index >= 15 is 0 Å². The van der Waals surface area contributed by atoms with Crippen molar-refractivity contribution in [3.05, 3.63) is 58.9 Å². The van der Waals surface area contributed by atoms with Crippen LogP contribution in [0.3, 0.4) is 0 Å². The summed E-state index contributed by atoms with van der Waals surface area (Å²) in [5.74, 6) is 0.449. The third-order valence-corrected chi connectivity index (χ3v) is 2.96. The molecular weight excluding hydrogens is 229 g/mol. The van der Waals surface area contributed by atoms with Gasteiger partial charge >= 0.3 is 0 Å². The van der Waals surface area contributed by atoms with Crippen LogP contribution >= 0.6 is 0 Å². The maximum Gasteiger partial charge on any atom is 0.123 e. The molecule has 3 heteroatoms. The van der Waals surface area contributed by atoms with Crippen molar-refractivity contribution >= 4 is 5.69 Å². The summed E-state index contributed by atoms with van der Waals surface area (Å²) in [6.45, 7) is 4.21. The summed E-state index contributed by atoms with van der Waals surface area (Å²) in [6, 6.07) is 10.2. The van der Waals surface area contributed by atoms with E-state index in [2.05, 4.69) is 0 Å². The quantitative estimate of drug-likeness (QED) is 0.838. The number of benzene rings is 2. The fourth-order valence-electron chi connectivity index (χ4n) is 1.66. The van der Waals surface area contributed by atoms with Gasteiger partial charge in [-0.2, -0.15) is 0 Å². The van der Waals surface area contributed by atoms with Crippen LogP contribution in [0, 0.1) is 19.7 Å². The number of hydrogen-bond acceptors (Lipinski definition) is 2. The molecule has 0 amide bonds. The highest BCUT2D eigenvalue weighted by molar-refractivity contribution is 5.50. The Morgan fingerprint density at radius 3 is 2.50 bits per heavy atom. The van der Waals surface area contributed by atoms with Crippen molar-refractivity contribution < 1.29 is 9.13 Å². The Morgan fingerprint density at radius 1 is 1.06 bits per heavy atom. The summed E-state index contributed by atoms with van der Waals surface area (Å²) in [5.41, 5.74) is 9.37. The Kier molecular flexibility index (Phi) is 3.51. The molecular formula is C15H16FNO. The van der Waals surface area contributed by atoms with E-state index in [1.54, 1.807) is 12.1 Å². The van der Waals surface area contributed by atoms with Crippen LogP contribution in [-0.2, 0) is 6.61 Å². The summed E-state index contributed by atoms with van der Waals surface area (Å²) >= 11 is 0. The number of nitrogen functional groups attached to an aromatic ring is 1. The van der Waals surface area contributed by atoms with Crippen LogP contribution in [0.1, 0.15) is 16.7 Å². The molecule has 0 spiro atoms. The first kappa shape index (κ1) is 12.4. The summed E-state index contributed by atoms with van der Waals surface area (Å²) in [7, 11) is 0. The molecule has 2 nitrogen and oxygen atoms in total. The lowest BCUT2D eigenvalue weighted by Crippen LogP contribution is -1.99. The van der Waals surface area contributed by atoms with Crippen molar-refractivity contribution in [2.24, 2.45) is 0 Å². The second kappa shape index (κ2) is 5.08. The number of halogens is 1. The topological polar surface area (TPSA) is 35.2 Å². The molecule has 18 heavy (non-hydrogen) atoms. The van der Waals surface area contributed by atoms with Gasteiger partial charge in [-0.3, -0.25) is 0 Å². The molecule has 0 radical (unpaired) electrons. The molecule has 0 fully saturated rings. The van der Waals surface area contributed by atoms with E-state index in [0.29, 0.717) is 18.0 Å². The van der Waals surface area contributed by atoms with Crippen LogP contribution in [0.15, 0.2) is 36.4 Å². The minimum Gasteiger partial charge on any atom is -0.489 e. The van der Waals surface area contributed by atoms with E-state index < -0.39 is 0 Å². The Balaban J connectivity index is 2.11. The van der Waals surface area contributed by atoms with Gasteiger partial charge in [-0.15, -0.1) is 0 Å². The fraction of sp³-hybridized carbons (Fsp3) is 0.200. The van der Waals surface area contributed by atoms with Gasteiger partial charge in [-0.1, -0.05) is 12.1 Å². The number of anilines is 1. The second-order valence-electron chi connectivity index (χ2n) is 4.38. The molecule has 0 aromatic heterocycles. The van der Waals surface area contributed by atoms with Gasteiger partial charge in [0, 0.05) is 11.8 Å². The largest absolute Gasteiger partial charge is 0.489 e. The maximum atomic E-state index is 13.1. The normalized spacial score (nSPS) is 10.4. The second-order valence-corrected chi connectivity index (χ2v) is 4.38. The first-order chi connectivity index (χ1) is 8.56. The lowest BCUT2D eigenvalue weighted by molar-refractivity contribution is 0.305. The Hall–Kier alpha value is -2.03. The first-order valence-electron chi connectivity index (χ1n) is 5.80. The highest BCUT2D eigenvalue weighted by Crippen LogP contribution is 2.21. The van der Waals surface area contributed by atoms with Crippen LogP contribution in [0.5, 0.6) is 5.75 Å². The highest BCUT2D eigenvalue weighted by atomic mass is 19.1. The van der Waals surface area contributed by atoms with E-state index in [9.17, 15) is 4.39 Å². The van der Waals surface area contributed by atoms with E-state index in [-0.39, 0.29) is 5.82 Å². The number of rotatable bonds is 3. The first-order valence-corrected chi connectivity index (χ1v) is 5.80. The van der Waals surface area contributed by atoms with Gasteiger partial charge in [0.1, 0.15) is 18.2 Å². The zero-order chi connectivity index (χ0) is 13.1. The van der Waals surface area contributed by atoms with Gasteiger partial charge in [0.15, 0.2) is 0 Å². The molecule has 2 rings (SSSR count). The molecule has 2 aromatic rings.